The van der Waals surface area contributed by atoms with E-state index in [1.807, 2.05) is 20.8 Å². The molecule has 2 nitrogen and oxygen atoms in total. The summed E-state index contributed by atoms with van der Waals surface area (Å²) in [5.74, 6) is -0.225. The van der Waals surface area contributed by atoms with E-state index in [1.165, 1.54) is 6.92 Å². The fraction of sp³-hybridized carbons (Fsp3) is 0.833. The summed E-state index contributed by atoms with van der Waals surface area (Å²) in [4.78, 5) is 10.2. The van der Waals surface area contributed by atoms with E-state index in [0.29, 0.717) is 0 Å². The standard InChI is InChI=1S/C6H12O2.BrH.Na/c1-5(7)8-6(2,3)4;;/h1-4H3;1H;/q;;+1/p-1. The summed E-state index contributed by atoms with van der Waals surface area (Å²) in [5.41, 5.74) is -0.328. The Labute approximate surface area is 94.8 Å². The molecule has 0 radical (unpaired) electrons. The van der Waals surface area contributed by atoms with Gasteiger partial charge in [-0.25, -0.2) is 0 Å². The van der Waals surface area contributed by atoms with Crippen molar-refractivity contribution in [3.05, 3.63) is 0 Å². The number of rotatable bonds is 0. The van der Waals surface area contributed by atoms with Crippen LogP contribution in [-0.2, 0) is 9.53 Å². The third kappa shape index (κ3) is 16.0. The summed E-state index contributed by atoms with van der Waals surface area (Å²) >= 11 is 0. The molecule has 0 saturated heterocycles. The average molecular weight is 219 g/mol. The third-order valence-electron chi connectivity index (χ3n) is 0.450. The normalized spacial score (nSPS) is 8.80. The summed E-state index contributed by atoms with van der Waals surface area (Å²) in [5, 5.41) is 0. The Morgan fingerprint density at radius 3 is 1.60 bits per heavy atom. The van der Waals surface area contributed by atoms with Crippen LogP contribution in [0.2, 0.25) is 0 Å². The number of esters is 1. The molecule has 0 unspecified atom stereocenters. The molecular weight excluding hydrogens is 207 g/mol. The first-order valence-corrected chi connectivity index (χ1v) is 2.61. The first kappa shape index (κ1) is 17.2. The summed E-state index contributed by atoms with van der Waals surface area (Å²) in [7, 11) is 0. The third-order valence-corrected chi connectivity index (χ3v) is 0.450. The van der Waals surface area contributed by atoms with Crippen LogP contribution in [0.15, 0.2) is 0 Å². The molecule has 0 aliphatic rings. The Hall–Kier alpha value is 0.950. The molecule has 0 atom stereocenters. The zero-order valence-electron chi connectivity index (χ0n) is 7.19. The van der Waals surface area contributed by atoms with E-state index in [4.69, 9.17) is 4.74 Å². The van der Waals surface area contributed by atoms with Crippen LogP contribution < -0.4 is 46.5 Å². The van der Waals surface area contributed by atoms with Crippen molar-refractivity contribution < 1.29 is 56.1 Å². The van der Waals surface area contributed by atoms with Crippen molar-refractivity contribution in [3.63, 3.8) is 0 Å². The molecule has 0 spiro atoms. The number of carbonyl (C=O) groups excluding carboxylic acids is 1. The van der Waals surface area contributed by atoms with Gasteiger partial charge in [0.1, 0.15) is 5.60 Å². The molecule has 0 aromatic rings. The zero-order chi connectivity index (χ0) is 6.78. The number of hydrogen-bond donors (Lipinski definition) is 0. The molecular formula is C6H12BrNaO2. The van der Waals surface area contributed by atoms with Crippen LogP contribution in [0.5, 0.6) is 0 Å². The van der Waals surface area contributed by atoms with Crippen molar-refractivity contribution in [2.45, 2.75) is 33.3 Å². The molecule has 0 aliphatic heterocycles. The maximum absolute atomic E-state index is 10.2. The molecule has 0 amide bonds. The van der Waals surface area contributed by atoms with Gasteiger partial charge in [-0.1, -0.05) is 0 Å². The maximum atomic E-state index is 10.2. The number of ether oxygens (including phenoxy) is 1. The SMILES string of the molecule is CC(=O)OC(C)(C)C.[Br-].[Na+]. The van der Waals surface area contributed by atoms with E-state index in [9.17, 15) is 4.79 Å². The van der Waals surface area contributed by atoms with Crippen molar-refractivity contribution in [3.8, 4) is 0 Å². The van der Waals surface area contributed by atoms with Gasteiger partial charge in [0, 0.05) is 6.92 Å². The quantitative estimate of drug-likeness (QED) is 0.302. The molecule has 0 fully saturated rings. The van der Waals surface area contributed by atoms with E-state index < -0.39 is 0 Å². The monoisotopic (exact) mass is 218 g/mol. The van der Waals surface area contributed by atoms with Gasteiger partial charge in [0.2, 0.25) is 0 Å². The van der Waals surface area contributed by atoms with Crippen LogP contribution in [0.4, 0.5) is 0 Å². The molecule has 0 bridgehead atoms. The number of carbonyl (C=O) groups is 1. The van der Waals surface area contributed by atoms with Gasteiger partial charge in [-0.3, -0.25) is 4.79 Å². The molecule has 0 N–H and O–H groups in total. The molecule has 56 valence electrons. The van der Waals surface area contributed by atoms with Crippen molar-refractivity contribution >= 4 is 5.97 Å². The van der Waals surface area contributed by atoms with Crippen molar-refractivity contribution in [2.24, 2.45) is 0 Å². The largest absolute Gasteiger partial charge is 1.00 e. The van der Waals surface area contributed by atoms with Crippen LogP contribution >= 0.6 is 0 Å². The molecule has 0 aromatic heterocycles. The van der Waals surface area contributed by atoms with Gasteiger partial charge in [-0.15, -0.1) is 0 Å². The van der Waals surface area contributed by atoms with Gasteiger partial charge in [0.15, 0.2) is 0 Å². The second-order valence-electron chi connectivity index (χ2n) is 2.71. The first-order chi connectivity index (χ1) is 3.42. The maximum Gasteiger partial charge on any atom is 1.00 e. The molecule has 0 saturated carbocycles. The van der Waals surface area contributed by atoms with Crippen LogP contribution in [0.25, 0.3) is 0 Å². The second kappa shape index (κ2) is 6.65. The van der Waals surface area contributed by atoms with Gasteiger partial charge in [0.05, 0.1) is 0 Å². The molecule has 4 heteroatoms. The van der Waals surface area contributed by atoms with Gasteiger partial charge in [-0.05, 0) is 20.8 Å². The predicted molar refractivity (Wildman–Crippen MR) is 31.5 cm³/mol. The number of hydrogen-bond acceptors (Lipinski definition) is 2. The van der Waals surface area contributed by atoms with Crippen LogP contribution in [-0.4, -0.2) is 11.6 Å². The Bertz CT molecular complexity index is 98.4. The van der Waals surface area contributed by atoms with Crippen molar-refractivity contribution in [1.82, 2.24) is 0 Å². The molecule has 0 aliphatic carbocycles. The zero-order valence-corrected chi connectivity index (χ0v) is 10.8. The van der Waals surface area contributed by atoms with Crippen molar-refractivity contribution in [2.75, 3.05) is 0 Å². The summed E-state index contributed by atoms with van der Waals surface area (Å²) in [6.45, 7) is 6.93. The summed E-state index contributed by atoms with van der Waals surface area (Å²) in [6, 6.07) is 0. The Morgan fingerprint density at radius 2 is 1.60 bits per heavy atom. The molecule has 0 aromatic carbocycles. The Morgan fingerprint density at radius 1 is 1.30 bits per heavy atom. The predicted octanol–water partition coefficient (Wildman–Crippen LogP) is -4.64. The van der Waals surface area contributed by atoms with Gasteiger partial charge >= 0.3 is 35.5 Å². The van der Waals surface area contributed by atoms with Gasteiger partial charge < -0.3 is 21.7 Å². The van der Waals surface area contributed by atoms with E-state index in [1.54, 1.807) is 0 Å². The topological polar surface area (TPSA) is 26.3 Å². The van der Waals surface area contributed by atoms with E-state index in [2.05, 4.69) is 0 Å². The van der Waals surface area contributed by atoms with Crippen LogP contribution in [0, 0.1) is 0 Å². The van der Waals surface area contributed by atoms with Crippen LogP contribution in [0.3, 0.4) is 0 Å². The molecule has 0 heterocycles. The first-order valence-electron chi connectivity index (χ1n) is 2.61. The van der Waals surface area contributed by atoms with E-state index >= 15 is 0 Å². The Balaban J connectivity index is -0.000000245. The van der Waals surface area contributed by atoms with Crippen LogP contribution in [0.1, 0.15) is 27.7 Å². The average Bonchev–Trinajstić information content (AvgIpc) is 1.21. The molecule has 0 rings (SSSR count). The van der Waals surface area contributed by atoms with E-state index in [0.717, 1.165) is 0 Å². The number of halogens is 1. The molecule has 10 heavy (non-hydrogen) atoms. The van der Waals surface area contributed by atoms with Crippen molar-refractivity contribution in [1.29, 1.82) is 0 Å². The fourth-order valence-corrected chi connectivity index (χ4v) is 0.431. The second-order valence-corrected chi connectivity index (χ2v) is 2.71. The minimum absolute atomic E-state index is 0. The van der Waals surface area contributed by atoms with E-state index in [-0.39, 0.29) is 58.1 Å². The smallest absolute Gasteiger partial charge is 1.00 e. The van der Waals surface area contributed by atoms with Gasteiger partial charge in [0.25, 0.3) is 0 Å². The minimum atomic E-state index is -0.328. The van der Waals surface area contributed by atoms with Gasteiger partial charge in [-0.2, -0.15) is 0 Å². The Kier molecular flexibility index (Phi) is 11.4. The summed E-state index contributed by atoms with van der Waals surface area (Å²) in [6.07, 6.45) is 0. The fourth-order valence-electron chi connectivity index (χ4n) is 0.431. The minimum Gasteiger partial charge on any atom is -1.00 e. The summed E-state index contributed by atoms with van der Waals surface area (Å²) < 4.78 is 4.80.